The Morgan fingerprint density at radius 2 is 1.85 bits per heavy atom. The van der Waals surface area contributed by atoms with Crippen molar-refractivity contribution in [2.45, 2.75) is 12.9 Å². The van der Waals surface area contributed by atoms with Crippen LogP contribution in [0.4, 0.5) is 23.5 Å². The third-order valence-corrected chi connectivity index (χ3v) is 5.13. The van der Waals surface area contributed by atoms with E-state index in [0.29, 0.717) is 34.5 Å². The van der Waals surface area contributed by atoms with E-state index < -0.39 is 12.2 Å². The first-order valence-corrected chi connectivity index (χ1v) is 9.74. The molecular formula is C21H17F4N7O. The summed E-state index contributed by atoms with van der Waals surface area (Å²) in [6.45, 7) is 0.347. The van der Waals surface area contributed by atoms with Gasteiger partial charge in [0.2, 0.25) is 5.95 Å². The van der Waals surface area contributed by atoms with Gasteiger partial charge >= 0.3 is 6.36 Å². The van der Waals surface area contributed by atoms with E-state index in [1.165, 1.54) is 30.3 Å². The van der Waals surface area contributed by atoms with Crippen LogP contribution in [0.2, 0.25) is 0 Å². The quantitative estimate of drug-likeness (QED) is 0.451. The molecule has 2 aromatic heterocycles. The maximum absolute atomic E-state index is 14.1. The highest BCUT2D eigenvalue weighted by Crippen LogP contribution is 2.27. The summed E-state index contributed by atoms with van der Waals surface area (Å²) in [6.07, 6.45) is -1.22. The van der Waals surface area contributed by atoms with Crippen molar-refractivity contribution in [3.8, 4) is 5.75 Å². The third-order valence-electron chi connectivity index (χ3n) is 5.13. The summed E-state index contributed by atoms with van der Waals surface area (Å²) in [6, 6.07) is 10.2. The number of hydrogen-bond acceptors (Lipinski definition) is 7. The van der Waals surface area contributed by atoms with Crippen LogP contribution in [0, 0.1) is 5.82 Å². The molecule has 1 aliphatic rings. The molecule has 0 bridgehead atoms. The molecule has 0 atom stereocenters. The number of benzene rings is 2. The number of nitrogen functional groups attached to an aromatic ring is 1. The van der Waals surface area contributed by atoms with Crippen molar-refractivity contribution in [3.63, 3.8) is 0 Å². The van der Waals surface area contributed by atoms with Gasteiger partial charge in [0, 0.05) is 30.4 Å². The molecule has 0 saturated carbocycles. The average molecular weight is 459 g/mol. The number of halogens is 4. The first kappa shape index (κ1) is 20.8. The van der Waals surface area contributed by atoms with E-state index in [9.17, 15) is 17.6 Å². The lowest BCUT2D eigenvalue weighted by Crippen LogP contribution is -2.38. The second-order valence-corrected chi connectivity index (χ2v) is 7.38. The minimum Gasteiger partial charge on any atom is -0.406 e. The van der Waals surface area contributed by atoms with Gasteiger partial charge in [0.1, 0.15) is 22.7 Å². The highest BCUT2D eigenvalue weighted by Gasteiger charge is 2.31. The summed E-state index contributed by atoms with van der Waals surface area (Å²) in [5.41, 5.74) is 11.8. The van der Waals surface area contributed by atoms with Crippen LogP contribution in [0.1, 0.15) is 11.3 Å². The van der Waals surface area contributed by atoms with Crippen molar-refractivity contribution in [1.29, 1.82) is 0 Å². The van der Waals surface area contributed by atoms with E-state index in [2.05, 4.69) is 20.1 Å². The number of fused-ring (bicyclic) bond motifs is 3. The van der Waals surface area contributed by atoms with Crippen molar-refractivity contribution >= 4 is 28.2 Å². The normalized spacial score (nSPS) is 14.7. The first-order valence-electron chi connectivity index (χ1n) is 9.74. The lowest BCUT2D eigenvalue weighted by atomic mass is 10.1. The zero-order valence-corrected chi connectivity index (χ0v) is 17.1. The molecule has 0 spiro atoms. The molecule has 2 aromatic carbocycles. The fraction of sp³-hybridized carbons (Fsp3) is 0.143. The number of hydrazine groups is 2. The molecule has 8 nitrogen and oxygen atoms in total. The van der Waals surface area contributed by atoms with Crippen LogP contribution in [0.25, 0.3) is 22.2 Å². The number of nitrogens with zero attached hydrogens (tertiary/aromatic N) is 5. The Morgan fingerprint density at radius 1 is 1.09 bits per heavy atom. The number of aromatic nitrogens is 3. The maximum Gasteiger partial charge on any atom is 0.573 e. The first-order chi connectivity index (χ1) is 15.7. The number of rotatable bonds is 4. The average Bonchev–Trinajstić information content (AvgIpc) is 3.33. The summed E-state index contributed by atoms with van der Waals surface area (Å²) < 4.78 is 56.7. The smallest absolute Gasteiger partial charge is 0.406 e. The number of para-hydroxylation sites is 1. The van der Waals surface area contributed by atoms with Crippen LogP contribution in [0.15, 0.2) is 54.9 Å². The Kier molecular flexibility index (Phi) is 4.74. The van der Waals surface area contributed by atoms with Crippen molar-refractivity contribution in [3.05, 3.63) is 71.9 Å². The minimum atomic E-state index is -4.74. The largest absolute Gasteiger partial charge is 0.573 e. The highest BCUT2D eigenvalue weighted by atomic mass is 19.4. The van der Waals surface area contributed by atoms with Gasteiger partial charge in [-0.2, -0.15) is 0 Å². The molecule has 3 N–H and O–H groups in total. The zero-order valence-electron chi connectivity index (χ0n) is 17.1. The summed E-state index contributed by atoms with van der Waals surface area (Å²) in [4.78, 5) is 8.75. The van der Waals surface area contributed by atoms with E-state index in [-0.39, 0.29) is 17.2 Å². The standard InChI is InChI=1S/C21H17F4N7O/c1-30-29-17(12-5-7-14(8-6-12)33-21(23,24)25)11-31(30)9-13-10-32-19(27-13)15-3-2-4-16(22)18(15)28-20(32)26/h2-8,10-11,29H,9H2,1H3,(H2,26,28). The molecule has 5 rings (SSSR count). The van der Waals surface area contributed by atoms with Gasteiger partial charge in [-0.3, -0.25) is 14.8 Å². The second kappa shape index (κ2) is 7.52. The van der Waals surface area contributed by atoms with Gasteiger partial charge in [-0.15, -0.1) is 18.3 Å². The van der Waals surface area contributed by atoms with Crippen molar-refractivity contribution in [2.75, 3.05) is 12.8 Å². The van der Waals surface area contributed by atoms with Gasteiger partial charge in [-0.1, -0.05) is 6.07 Å². The Morgan fingerprint density at radius 3 is 2.58 bits per heavy atom. The molecule has 0 saturated heterocycles. The van der Waals surface area contributed by atoms with Crippen molar-refractivity contribution < 1.29 is 22.3 Å². The third kappa shape index (κ3) is 3.96. The summed E-state index contributed by atoms with van der Waals surface area (Å²) in [7, 11) is 1.78. The van der Waals surface area contributed by atoms with E-state index in [4.69, 9.17) is 5.73 Å². The number of alkyl halides is 3. The molecule has 0 fully saturated rings. The van der Waals surface area contributed by atoms with Crippen LogP contribution < -0.4 is 15.9 Å². The number of ether oxygens (including phenoxy) is 1. The molecule has 0 radical (unpaired) electrons. The number of nitrogens with two attached hydrogens (primary N) is 1. The van der Waals surface area contributed by atoms with Crippen molar-refractivity contribution in [2.24, 2.45) is 0 Å². The summed E-state index contributed by atoms with van der Waals surface area (Å²) >= 11 is 0. The van der Waals surface area contributed by atoms with E-state index in [0.717, 1.165) is 0 Å². The van der Waals surface area contributed by atoms with Gasteiger partial charge < -0.3 is 10.5 Å². The molecule has 0 amide bonds. The van der Waals surface area contributed by atoms with E-state index >= 15 is 0 Å². The lowest BCUT2D eigenvalue weighted by Gasteiger charge is -2.23. The molecule has 33 heavy (non-hydrogen) atoms. The molecule has 4 aromatic rings. The molecular weight excluding hydrogens is 442 g/mol. The summed E-state index contributed by atoms with van der Waals surface area (Å²) in [5, 5.41) is 4.07. The predicted molar refractivity (Wildman–Crippen MR) is 112 cm³/mol. The van der Waals surface area contributed by atoms with Crippen LogP contribution in [-0.2, 0) is 6.54 Å². The number of anilines is 1. The number of hydrogen-bond donors (Lipinski definition) is 2. The zero-order chi connectivity index (χ0) is 23.3. The Hall–Kier alpha value is -4.06. The molecule has 0 unspecified atom stereocenters. The molecule has 170 valence electrons. The fourth-order valence-electron chi connectivity index (χ4n) is 3.64. The minimum absolute atomic E-state index is 0.117. The molecule has 12 heteroatoms. The molecule has 3 heterocycles. The number of imidazole rings is 1. The van der Waals surface area contributed by atoms with Gasteiger partial charge in [-0.25, -0.2) is 14.4 Å². The van der Waals surface area contributed by atoms with E-state index in [1.54, 1.807) is 41.1 Å². The summed E-state index contributed by atoms with van der Waals surface area (Å²) in [5.74, 6) is -0.657. The van der Waals surface area contributed by atoms with Crippen LogP contribution >= 0.6 is 0 Å². The van der Waals surface area contributed by atoms with Gasteiger partial charge in [0.15, 0.2) is 0 Å². The fourth-order valence-corrected chi connectivity index (χ4v) is 3.64. The maximum atomic E-state index is 14.1. The van der Waals surface area contributed by atoms with Gasteiger partial charge in [-0.05, 0) is 36.4 Å². The van der Waals surface area contributed by atoms with Crippen LogP contribution in [0.5, 0.6) is 5.75 Å². The number of nitrogens with one attached hydrogen (secondary N) is 1. The Balaban J connectivity index is 1.41. The van der Waals surface area contributed by atoms with Gasteiger partial charge in [0.25, 0.3) is 0 Å². The SMILES string of the molecule is CN1NC(c2ccc(OC(F)(F)F)cc2)=CN1Cc1cn2c(N)nc3c(F)cccc3c2n1. The van der Waals surface area contributed by atoms with Gasteiger partial charge in [0.05, 0.1) is 17.9 Å². The van der Waals surface area contributed by atoms with Crippen LogP contribution in [-0.4, -0.2) is 37.9 Å². The Labute approximate surface area is 184 Å². The lowest BCUT2D eigenvalue weighted by molar-refractivity contribution is -0.274. The topological polar surface area (TPSA) is 84.0 Å². The highest BCUT2D eigenvalue weighted by molar-refractivity contribution is 5.92. The van der Waals surface area contributed by atoms with E-state index in [1.807, 2.05) is 5.01 Å². The molecule has 0 aliphatic carbocycles. The van der Waals surface area contributed by atoms with Crippen molar-refractivity contribution in [1.82, 2.24) is 29.9 Å². The second-order valence-electron chi connectivity index (χ2n) is 7.38. The van der Waals surface area contributed by atoms with Crippen LogP contribution in [0.3, 0.4) is 0 Å². The predicted octanol–water partition coefficient (Wildman–Crippen LogP) is 3.67. The Bertz CT molecular complexity index is 1380. The monoisotopic (exact) mass is 459 g/mol. The molecule has 1 aliphatic heterocycles.